The first-order chi connectivity index (χ1) is 6.74. The Hall–Kier alpha value is -1.26. The Morgan fingerprint density at radius 1 is 1.50 bits per heavy atom. The van der Waals surface area contributed by atoms with E-state index in [-0.39, 0.29) is 17.9 Å². The third kappa shape index (κ3) is 2.61. The van der Waals surface area contributed by atoms with Crippen LogP contribution >= 0.6 is 0 Å². The molecule has 1 unspecified atom stereocenters. The van der Waals surface area contributed by atoms with Crippen LogP contribution in [-0.4, -0.2) is 31.1 Å². The van der Waals surface area contributed by atoms with Crippen LogP contribution in [0.15, 0.2) is 0 Å². The molecule has 3 N–H and O–H groups in total. The van der Waals surface area contributed by atoms with Crippen LogP contribution < -0.4 is 16.0 Å². The largest absolute Gasteiger partial charge is 0.356 e. The number of nitrogens with one attached hydrogen (secondary N) is 3. The number of urea groups is 1. The van der Waals surface area contributed by atoms with E-state index < -0.39 is 0 Å². The number of carbonyl (C=O) groups excluding carboxylic acids is 2. The average molecular weight is 197 g/mol. The van der Waals surface area contributed by atoms with Gasteiger partial charge >= 0.3 is 6.03 Å². The summed E-state index contributed by atoms with van der Waals surface area (Å²) in [6.07, 6.45) is 2.72. The lowest BCUT2D eigenvalue weighted by Crippen LogP contribution is -2.39. The summed E-state index contributed by atoms with van der Waals surface area (Å²) >= 11 is 0. The van der Waals surface area contributed by atoms with Crippen molar-refractivity contribution in [2.24, 2.45) is 5.92 Å². The summed E-state index contributed by atoms with van der Waals surface area (Å²) in [6.45, 7) is 1.26. The van der Waals surface area contributed by atoms with Crippen molar-refractivity contribution >= 4 is 11.9 Å². The SMILES string of the molecule is O=C1CC(CNC(=O)NC2CC2)CN1. The summed E-state index contributed by atoms with van der Waals surface area (Å²) in [5.74, 6) is 0.340. The molecule has 1 saturated carbocycles. The zero-order valence-corrected chi connectivity index (χ0v) is 8.01. The number of amides is 3. The molecule has 3 amide bonds. The molecule has 1 aliphatic heterocycles. The predicted molar refractivity (Wildman–Crippen MR) is 50.7 cm³/mol. The lowest BCUT2D eigenvalue weighted by Gasteiger charge is -2.09. The smallest absolute Gasteiger partial charge is 0.315 e. The molecule has 0 aromatic carbocycles. The fraction of sp³-hybridized carbons (Fsp3) is 0.778. The second kappa shape index (κ2) is 3.86. The van der Waals surface area contributed by atoms with Crippen LogP contribution in [0.1, 0.15) is 19.3 Å². The predicted octanol–water partition coefficient (Wildman–Crippen LogP) is -0.416. The topological polar surface area (TPSA) is 70.2 Å². The van der Waals surface area contributed by atoms with Gasteiger partial charge in [-0.1, -0.05) is 0 Å². The molecule has 1 aliphatic carbocycles. The fourth-order valence-corrected chi connectivity index (χ4v) is 1.51. The Balaban J connectivity index is 1.61. The molecule has 5 nitrogen and oxygen atoms in total. The summed E-state index contributed by atoms with van der Waals surface area (Å²) in [5.41, 5.74) is 0. The molecule has 0 radical (unpaired) electrons. The second-order valence-electron chi connectivity index (χ2n) is 4.00. The van der Waals surface area contributed by atoms with Crippen molar-refractivity contribution < 1.29 is 9.59 Å². The number of hydrogen-bond acceptors (Lipinski definition) is 2. The number of hydrogen-bond donors (Lipinski definition) is 3. The van der Waals surface area contributed by atoms with Crippen LogP contribution in [0.3, 0.4) is 0 Å². The van der Waals surface area contributed by atoms with Crippen molar-refractivity contribution in [1.82, 2.24) is 16.0 Å². The summed E-state index contributed by atoms with van der Waals surface area (Å²) < 4.78 is 0. The lowest BCUT2D eigenvalue weighted by molar-refractivity contribution is -0.119. The first-order valence-electron chi connectivity index (χ1n) is 5.05. The Labute approximate surface area is 82.6 Å². The zero-order valence-electron chi connectivity index (χ0n) is 8.01. The van der Waals surface area contributed by atoms with Crippen molar-refractivity contribution in [3.05, 3.63) is 0 Å². The number of rotatable bonds is 3. The molecular formula is C9H15N3O2. The van der Waals surface area contributed by atoms with E-state index >= 15 is 0 Å². The van der Waals surface area contributed by atoms with Gasteiger partial charge < -0.3 is 16.0 Å². The monoisotopic (exact) mass is 197 g/mol. The van der Waals surface area contributed by atoms with E-state index in [1.807, 2.05) is 0 Å². The molecule has 0 spiro atoms. The quantitative estimate of drug-likeness (QED) is 0.575. The Bertz CT molecular complexity index is 250. The highest BCUT2D eigenvalue weighted by atomic mass is 16.2. The van der Waals surface area contributed by atoms with Gasteiger partial charge in [0.15, 0.2) is 0 Å². The molecular weight excluding hydrogens is 182 g/mol. The molecule has 1 heterocycles. The molecule has 1 saturated heterocycles. The maximum Gasteiger partial charge on any atom is 0.315 e. The molecule has 78 valence electrons. The normalized spacial score (nSPS) is 25.7. The first-order valence-corrected chi connectivity index (χ1v) is 5.05. The molecule has 2 aliphatic rings. The minimum atomic E-state index is -0.105. The van der Waals surface area contributed by atoms with Crippen molar-refractivity contribution in [3.8, 4) is 0 Å². The minimum absolute atomic E-state index is 0.0828. The molecule has 0 aromatic rings. The molecule has 2 rings (SSSR count). The highest BCUT2D eigenvalue weighted by Crippen LogP contribution is 2.18. The highest BCUT2D eigenvalue weighted by Gasteiger charge is 2.25. The maximum atomic E-state index is 11.2. The van der Waals surface area contributed by atoms with Gasteiger partial charge in [0.2, 0.25) is 5.91 Å². The van der Waals surface area contributed by atoms with Gasteiger partial charge in [0.25, 0.3) is 0 Å². The van der Waals surface area contributed by atoms with Crippen molar-refractivity contribution in [2.75, 3.05) is 13.1 Å². The minimum Gasteiger partial charge on any atom is -0.356 e. The molecule has 2 fully saturated rings. The molecule has 14 heavy (non-hydrogen) atoms. The highest BCUT2D eigenvalue weighted by molar-refractivity contribution is 5.78. The summed E-state index contributed by atoms with van der Waals surface area (Å²) in [5, 5.41) is 8.34. The van der Waals surface area contributed by atoms with Gasteiger partial charge in [-0.15, -0.1) is 0 Å². The van der Waals surface area contributed by atoms with E-state index in [1.54, 1.807) is 0 Å². The molecule has 0 aromatic heterocycles. The van der Waals surface area contributed by atoms with E-state index in [2.05, 4.69) is 16.0 Å². The molecule has 0 bridgehead atoms. The third-order valence-electron chi connectivity index (χ3n) is 2.53. The van der Waals surface area contributed by atoms with Crippen molar-refractivity contribution in [2.45, 2.75) is 25.3 Å². The van der Waals surface area contributed by atoms with Gasteiger partial charge in [-0.25, -0.2) is 4.79 Å². The van der Waals surface area contributed by atoms with Gasteiger partial charge in [0.1, 0.15) is 0 Å². The Morgan fingerprint density at radius 3 is 2.86 bits per heavy atom. The van der Waals surface area contributed by atoms with E-state index in [4.69, 9.17) is 0 Å². The average Bonchev–Trinajstić information content (AvgIpc) is 2.85. The lowest BCUT2D eigenvalue weighted by atomic mass is 10.1. The zero-order chi connectivity index (χ0) is 9.97. The van der Waals surface area contributed by atoms with Crippen LogP contribution in [0, 0.1) is 5.92 Å². The van der Waals surface area contributed by atoms with E-state index in [0.717, 1.165) is 12.8 Å². The van der Waals surface area contributed by atoms with Crippen LogP contribution in [-0.2, 0) is 4.79 Å². The summed E-state index contributed by atoms with van der Waals surface area (Å²) in [7, 11) is 0. The van der Waals surface area contributed by atoms with Crippen molar-refractivity contribution in [1.29, 1.82) is 0 Å². The Kier molecular flexibility index (Phi) is 2.56. The van der Waals surface area contributed by atoms with Crippen molar-refractivity contribution in [3.63, 3.8) is 0 Å². The summed E-state index contributed by atoms with van der Waals surface area (Å²) in [6, 6.07) is 0.283. The first kappa shape index (κ1) is 9.30. The van der Waals surface area contributed by atoms with Gasteiger partial charge in [0, 0.05) is 31.5 Å². The number of carbonyl (C=O) groups is 2. The van der Waals surface area contributed by atoms with Gasteiger partial charge in [0.05, 0.1) is 0 Å². The fourth-order valence-electron chi connectivity index (χ4n) is 1.51. The van der Waals surface area contributed by atoms with E-state index in [0.29, 0.717) is 25.6 Å². The summed E-state index contributed by atoms with van der Waals surface area (Å²) in [4.78, 5) is 22.1. The van der Waals surface area contributed by atoms with E-state index in [9.17, 15) is 9.59 Å². The molecule has 5 heteroatoms. The van der Waals surface area contributed by atoms with Crippen LogP contribution in [0.25, 0.3) is 0 Å². The third-order valence-corrected chi connectivity index (χ3v) is 2.53. The van der Waals surface area contributed by atoms with Gasteiger partial charge in [-0.2, -0.15) is 0 Å². The van der Waals surface area contributed by atoms with Crippen LogP contribution in [0.5, 0.6) is 0 Å². The second-order valence-corrected chi connectivity index (χ2v) is 4.00. The maximum absolute atomic E-state index is 11.2. The van der Waals surface area contributed by atoms with Crippen LogP contribution in [0.4, 0.5) is 4.79 Å². The van der Waals surface area contributed by atoms with Gasteiger partial charge in [-0.3, -0.25) is 4.79 Å². The Morgan fingerprint density at radius 2 is 2.29 bits per heavy atom. The van der Waals surface area contributed by atoms with Crippen LogP contribution in [0.2, 0.25) is 0 Å². The standard InChI is InChI=1S/C9H15N3O2/c13-8-3-6(4-10-8)5-11-9(14)12-7-1-2-7/h6-7H,1-5H2,(H,10,13)(H2,11,12,14). The molecule has 1 atom stereocenters. The van der Waals surface area contributed by atoms with Gasteiger partial charge in [-0.05, 0) is 12.8 Å². The van der Waals surface area contributed by atoms with E-state index in [1.165, 1.54) is 0 Å².